The van der Waals surface area contributed by atoms with Crippen LogP contribution in [-0.4, -0.2) is 20.7 Å². The Kier molecular flexibility index (Phi) is 4.12. The molecule has 0 unspecified atom stereocenters. The first-order valence-electron chi connectivity index (χ1n) is 7.19. The van der Waals surface area contributed by atoms with E-state index in [2.05, 4.69) is 0 Å². The summed E-state index contributed by atoms with van der Waals surface area (Å²) < 4.78 is 26.4. The molecule has 112 valence electrons. The van der Waals surface area contributed by atoms with Crippen molar-refractivity contribution in [2.45, 2.75) is 45.6 Å². The molecule has 0 aromatic heterocycles. The van der Waals surface area contributed by atoms with Crippen molar-refractivity contribution in [3.8, 4) is 0 Å². The number of anilines is 1. The van der Waals surface area contributed by atoms with Crippen LogP contribution in [0.15, 0.2) is 18.2 Å². The van der Waals surface area contributed by atoms with Crippen LogP contribution in [0, 0.1) is 0 Å². The van der Waals surface area contributed by atoms with Gasteiger partial charge < -0.3 is 5.73 Å². The lowest BCUT2D eigenvalue weighted by Gasteiger charge is -2.34. The molecule has 0 aliphatic carbocycles. The summed E-state index contributed by atoms with van der Waals surface area (Å²) >= 11 is 0. The molecule has 0 amide bonds. The van der Waals surface area contributed by atoms with Crippen molar-refractivity contribution in [3.05, 3.63) is 29.3 Å². The lowest BCUT2D eigenvalue weighted by molar-refractivity contribution is 0.542. The van der Waals surface area contributed by atoms with Crippen molar-refractivity contribution >= 4 is 15.7 Å². The number of nitrogens with zero attached hydrogens (tertiary/aromatic N) is 1. The molecule has 0 radical (unpaired) electrons. The van der Waals surface area contributed by atoms with Crippen LogP contribution in [0.2, 0.25) is 0 Å². The van der Waals surface area contributed by atoms with E-state index in [1.165, 1.54) is 0 Å². The summed E-state index contributed by atoms with van der Waals surface area (Å²) in [6.07, 6.45) is 2.38. The number of fused-ring (bicyclic) bond motifs is 1. The molecular formula is C15H24N2O2S. The topological polar surface area (TPSA) is 63.4 Å². The minimum absolute atomic E-state index is 0.197. The van der Waals surface area contributed by atoms with Gasteiger partial charge in [-0.2, -0.15) is 0 Å². The Morgan fingerprint density at radius 1 is 1.35 bits per heavy atom. The first-order valence-corrected chi connectivity index (χ1v) is 8.80. The Bertz CT molecular complexity index is 588. The second kappa shape index (κ2) is 5.37. The summed E-state index contributed by atoms with van der Waals surface area (Å²) in [5, 5.41) is 0. The maximum atomic E-state index is 12.4. The van der Waals surface area contributed by atoms with E-state index < -0.39 is 15.6 Å². The van der Waals surface area contributed by atoms with Crippen LogP contribution < -0.4 is 10.0 Å². The van der Waals surface area contributed by atoms with E-state index in [1.54, 1.807) is 4.31 Å². The molecule has 1 heterocycles. The van der Waals surface area contributed by atoms with Gasteiger partial charge in [-0.05, 0) is 50.3 Å². The Morgan fingerprint density at radius 3 is 2.65 bits per heavy atom. The molecule has 2 rings (SSSR count). The van der Waals surface area contributed by atoms with E-state index in [0.29, 0.717) is 13.0 Å². The van der Waals surface area contributed by atoms with Gasteiger partial charge in [0.25, 0.3) is 0 Å². The largest absolute Gasteiger partial charge is 0.322 e. The van der Waals surface area contributed by atoms with E-state index in [4.69, 9.17) is 5.73 Å². The molecule has 1 aliphatic rings. The summed E-state index contributed by atoms with van der Waals surface area (Å²) in [6.45, 7) is 6.38. The highest BCUT2D eigenvalue weighted by Gasteiger charge is 2.30. The molecule has 0 saturated carbocycles. The van der Waals surface area contributed by atoms with Crippen molar-refractivity contribution in [2.75, 3.05) is 16.6 Å². The monoisotopic (exact) mass is 296 g/mol. The fourth-order valence-corrected chi connectivity index (χ4v) is 4.47. The summed E-state index contributed by atoms with van der Waals surface area (Å²) in [7, 11) is -3.22. The maximum Gasteiger partial charge on any atom is 0.235 e. The normalized spacial score (nSPS) is 16.1. The molecular weight excluding hydrogens is 272 g/mol. The average Bonchev–Trinajstić information content (AvgIpc) is 2.36. The molecule has 0 spiro atoms. The zero-order valence-electron chi connectivity index (χ0n) is 12.5. The van der Waals surface area contributed by atoms with E-state index in [1.807, 2.05) is 39.0 Å². The molecule has 0 atom stereocenters. The summed E-state index contributed by atoms with van der Waals surface area (Å²) in [5.74, 6) is 0.197. The van der Waals surface area contributed by atoms with E-state index in [9.17, 15) is 8.42 Å². The third-order valence-corrected chi connectivity index (χ3v) is 5.67. The predicted octanol–water partition coefficient (Wildman–Crippen LogP) is 2.37. The molecule has 0 saturated heterocycles. The molecule has 4 nitrogen and oxygen atoms in total. The highest BCUT2D eigenvalue weighted by molar-refractivity contribution is 7.92. The first kappa shape index (κ1) is 15.3. The summed E-state index contributed by atoms with van der Waals surface area (Å²) in [5.41, 5.74) is 8.73. The Balaban J connectivity index is 2.53. The van der Waals surface area contributed by atoms with Crippen molar-refractivity contribution in [1.29, 1.82) is 0 Å². The standard InChI is InChI=1S/C15H24N2O2S/c1-4-11-20(18,19)17-10-6-7-12-13(15(2,3)16)8-5-9-14(12)17/h5,8-9H,4,6-7,10-11,16H2,1-3H3. The molecule has 0 bridgehead atoms. The molecule has 1 aromatic rings. The highest BCUT2D eigenvalue weighted by atomic mass is 32.2. The van der Waals surface area contributed by atoms with Crippen LogP contribution in [0.25, 0.3) is 0 Å². The van der Waals surface area contributed by atoms with E-state index in [-0.39, 0.29) is 5.75 Å². The third-order valence-electron chi connectivity index (χ3n) is 3.70. The molecule has 1 aromatic carbocycles. The van der Waals surface area contributed by atoms with E-state index in [0.717, 1.165) is 29.7 Å². The number of hydrogen-bond acceptors (Lipinski definition) is 3. The van der Waals surface area contributed by atoms with Crippen LogP contribution in [0.3, 0.4) is 0 Å². The van der Waals surface area contributed by atoms with Crippen LogP contribution in [-0.2, 0) is 22.0 Å². The van der Waals surface area contributed by atoms with Crippen LogP contribution >= 0.6 is 0 Å². The Labute approximate surface area is 122 Å². The summed E-state index contributed by atoms with van der Waals surface area (Å²) in [6, 6.07) is 5.81. The lowest BCUT2D eigenvalue weighted by Crippen LogP contribution is -2.39. The highest BCUT2D eigenvalue weighted by Crippen LogP contribution is 2.35. The van der Waals surface area contributed by atoms with Gasteiger partial charge in [-0.25, -0.2) is 8.42 Å². The van der Waals surface area contributed by atoms with Gasteiger partial charge in [0.05, 0.1) is 11.4 Å². The molecule has 2 N–H and O–H groups in total. The lowest BCUT2D eigenvalue weighted by atomic mass is 9.87. The Morgan fingerprint density at radius 2 is 2.05 bits per heavy atom. The van der Waals surface area contributed by atoms with Gasteiger partial charge in [0.1, 0.15) is 0 Å². The third kappa shape index (κ3) is 2.83. The minimum atomic E-state index is -3.22. The molecule has 0 fully saturated rings. The van der Waals surface area contributed by atoms with E-state index >= 15 is 0 Å². The fourth-order valence-electron chi connectivity index (χ4n) is 2.85. The van der Waals surface area contributed by atoms with Gasteiger partial charge >= 0.3 is 0 Å². The number of rotatable bonds is 4. The minimum Gasteiger partial charge on any atom is -0.322 e. The maximum absolute atomic E-state index is 12.4. The fraction of sp³-hybridized carbons (Fsp3) is 0.600. The van der Waals surface area contributed by atoms with Gasteiger partial charge in [-0.1, -0.05) is 19.1 Å². The Hall–Kier alpha value is -1.07. The van der Waals surface area contributed by atoms with Crippen molar-refractivity contribution in [3.63, 3.8) is 0 Å². The second-order valence-corrected chi connectivity index (χ2v) is 8.03. The van der Waals surface area contributed by atoms with Gasteiger partial charge in [0, 0.05) is 12.1 Å². The van der Waals surface area contributed by atoms with Crippen molar-refractivity contribution < 1.29 is 8.42 Å². The van der Waals surface area contributed by atoms with Gasteiger partial charge in [-0.3, -0.25) is 4.31 Å². The van der Waals surface area contributed by atoms with Gasteiger partial charge in [0.15, 0.2) is 0 Å². The number of nitrogens with two attached hydrogens (primary N) is 1. The van der Waals surface area contributed by atoms with Crippen molar-refractivity contribution in [2.24, 2.45) is 5.73 Å². The average molecular weight is 296 g/mol. The van der Waals surface area contributed by atoms with Gasteiger partial charge in [-0.15, -0.1) is 0 Å². The smallest absolute Gasteiger partial charge is 0.235 e. The van der Waals surface area contributed by atoms with Crippen LogP contribution in [0.1, 0.15) is 44.7 Å². The SMILES string of the molecule is CCCS(=O)(=O)N1CCCc2c1cccc2C(C)(C)N. The molecule has 20 heavy (non-hydrogen) atoms. The van der Waals surface area contributed by atoms with Crippen LogP contribution in [0.4, 0.5) is 5.69 Å². The zero-order chi connectivity index (χ0) is 15.0. The molecule has 5 heteroatoms. The quantitative estimate of drug-likeness (QED) is 0.928. The van der Waals surface area contributed by atoms with Crippen molar-refractivity contribution in [1.82, 2.24) is 0 Å². The predicted molar refractivity (Wildman–Crippen MR) is 83.4 cm³/mol. The zero-order valence-corrected chi connectivity index (χ0v) is 13.3. The number of benzene rings is 1. The number of hydrogen-bond donors (Lipinski definition) is 1. The van der Waals surface area contributed by atoms with Crippen LogP contribution in [0.5, 0.6) is 0 Å². The molecule has 1 aliphatic heterocycles. The second-order valence-electron chi connectivity index (χ2n) is 6.02. The summed E-state index contributed by atoms with van der Waals surface area (Å²) in [4.78, 5) is 0. The first-order chi connectivity index (χ1) is 9.27. The van der Waals surface area contributed by atoms with Gasteiger partial charge in [0.2, 0.25) is 10.0 Å². The number of sulfonamides is 1.